The number of carbonyl (C=O) groups excluding carboxylic acids is 1. The molecule has 9 nitrogen and oxygen atoms in total. The summed E-state index contributed by atoms with van der Waals surface area (Å²) in [5.74, 6) is -1.60. The molecule has 10 heteroatoms. The van der Waals surface area contributed by atoms with Crippen LogP contribution in [0.15, 0.2) is 0 Å². The highest BCUT2D eigenvalue weighted by Gasteiger charge is 2.36. The zero-order valence-electron chi connectivity index (χ0n) is 8.04. The molecule has 0 aliphatic rings. The lowest BCUT2D eigenvalue weighted by Gasteiger charge is -2.24. The van der Waals surface area contributed by atoms with Gasteiger partial charge in [0.15, 0.2) is 6.10 Å². The van der Waals surface area contributed by atoms with Gasteiger partial charge in [0.1, 0.15) is 18.3 Å². The van der Waals surface area contributed by atoms with Crippen LogP contribution in [0.1, 0.15) is 0 Å². The first kappa shape index (κ1) is 15.3. The molecule has 16 heavy (non-hydrogen) atoms. The Morgan fingerprint density at radius 1 is 1.12 bits per heavy atom. The molecule has 7 N–H and O–H groups in total. The third-order valence-electron chi connectivity index (χ3n) is 1.72. The summed E-state index contributed by atoms with van der Waals surface area (Å²) in [5.41, 5.74) is 0. The maximum Gasteiger partial charge on any atom is 0.709 e. The lowest BCUT2D eigenvalue weighted by atomic mass is 10.0. The van der Waals surface area contributed by atoms with Gasteiger partial charge in [-0.1, -0.05) is 0 Å². The van der Waals surface area contributed by atoms with Crippen LogP contribution in [0.4, 0.5) is 0 Å². The van der Waals surface area contributed by atoms with Crippen molar-refractivity contribution in [3.8, 4) is 0 Å². The van der Waals surface area contributed by atoms with Gasteiger partial charge in [0.2, 0.25) is 0 Å². The first-order valence-electron chi connectivity index (χ1n) is 4.21. The summed E-state index contributed by atoms with van der Waals surface area (Å²) in [6.45, 7) is -0.900. The molecular weight excluding hydrogens is 227 g/mol. The predicted molar refractivity (Wildman–Crippen MR) is 47.4 cm³/mol. The molecule has 4 atom stereocenters. The zero-order valence-corrected chi connectivity index (χ0v) is 8.04. The average molecular weight is 240 g/mol. The maximum atomic E-state index is 10.8. The number of hydrogen-bond acceptors (Lipinski definition) is 9. The molecule has 0 aromatic heterocycles. The molecule has 0 aromatic carbocycles. The van der Waals surface area contributed by atoms with Crippen molar-refractivity contribution < 1.29 is 45.0 Å². The van der Waals surface area contributed by atoms with Crippen molar-refractivity contribution in [2.75, 3.05) is 6.61 Å². The predicted octanol–water partition coefficient (Wildman–Crippen LogP) is -5.06. The molecule has 0 amide bonds. The summed E-state index contributed by atoms with van der Waals surface area (Å²) in [5, 5.41) is 61.0. The number of aliphatic hydroxyl groups is 5. The molecule has 0 unspecified atom stereocenters. The molecule has 0 saturated carbocycles. The highest BCUT2D eigenvalue weighted by molar-refractivity contribution is 6.35. The van der Waals surface area contributed by atoms with Crippen LogP contribution in [0.2, 0.25) is 0 Å². The van der Waals surface area contributed by atoms with Gasteiger partial charge in [-0.2, -0.15) is 0 Å². The fourth-order valence-electron chi connectivity index (χ4n) is 0.835. The van der Waals surface area contributed by atoms with Crippen LogP contribution >= 0.6 is 0 Å². The van der Waals surface area contributed by atoms with Gasteiger partial charge >= 0.3 is 13.3 Å². The maximum absolute atomic E-state index is 10.8. The van der Waals surface area contributed by atoms with Gasteiger partial charge in [-0.25, -0.2) is 0 Å². The van der Waals surface area contributed by atoms with Crippen LogP contribution in [0, 0.1) is 0 Å². The number of hydrogen-bond donors (Lipinski definition) is 7. The smallest absolute Gasteiger partial charge is 0.483 e. The molecular formula is C6H13BO9. The minimum absolute atomic E-state index is 0.900. The van der Waals surface area contributed by atoms with Crippen molar-refractivity contribution in [3.63, 3.8) is 0 Å². The largest absolute Gasteiger partial charge is 0.709 e. The van der Waals surface area contributed by atoms with Crippen LogP contribution in [-0.4, -0.2) is 79.9 Å². The Balaban J connectivity index is 4.36. The van der Waals surface area contributed by atoms with Crippen molar-refractivity contribution in [1.82, 2.24) is 0 Å². The van der Waals surface area contributed by atoms with Crippen molar-refractivity contribution in [3.05, 3.63) is 0 Å². The summed E-state index contributed by atoms with van der Waals surface area (Å²) in [7, 11) is -2.48. The lowest BCUT2D eigenvalue weighted by Crippen LogP contribution is -2.49. The first-order chi connectivity index (χ1) is 7.31. The van der Waals surface area contributed by atoms with E-state index in [9.17, 15) is 4.79 Å². The van der Waals surface area contributed by atoms with E-state index in [4.69, 9.17) is 35.6 Å². The van der Waals surface area contributed by atoms with Crippen molar-refractivity contribution in [2.45, 2.75) is 24.4 Å². The SMILES string of the molecule is O=C(OB(O)O)[C@H](O)[C@@H](O)[C@H](O)[C@H](O)CO. The van der Waals surface area contributed by atoms with Crippen LogP contribution in [0.3, 0.4) is 0 Å². The number of rotatable bonds is 6. The van der Waals surface area contributed by atoms with E-state index in [-0.39, 0.29) is 0 Å². The van der Waals surface area contributed by atoms with Crippen LogP contribution in [0.5, 0.6) is 0 Å². The van der Waals surface area contributed by atoms with Crippen molar-refractivity contribution in [2.24, 2.45) is 0 Å². The average Bonchev–Trinajstić information content (AvgIpc) is 2.23. The van der Waals surface area contributed by atoms with Gasteiger partial charge < -0.3 is 40.2 Å². The van der Waals surface area contributed by atoms with E-state index >= 15 is 0 Å². The summed E-state index contributed by atoms with van der Waals surface area (Å²) >= 11 is 0. The molecule has 0 spiro atoms. The van der Waals surface area contributed by atoms with Crippen LogP contribution in [-0.2, 0) is 9.45 Å². The Kier molecular flexibility index (Phi) is 6.44. The second-order valence-electron chi connectivity index (χ2n) is 2.94. The third kappa shape index (κ3) is 4.41. The minimum atomic E-state index is -2.48. The third-order valence-corrected chi connectivity index (χ3v) is 1.72. The summed E-state index contributed by atoms with van der Waals surface area (Å²) in [6, 6.07) is 0. The van der Waals surface area contributed by atoms with Gasteiger partial charge in [0.05, 0.1) is 6.61 Å². The highest BCUT2D eigenvalue weighted by atomic mass is 16.7. The molecule has 0 aliphatic heterocycles. The van der Waals surface area contributed by atoms with Gasteiger partial charge in [-0.3, -0.25) is 4.79 Å². The fourth-order valence-corrected chi connectivity index (χ4v) is 0.835. The lowest BCUT2D eigenvalue weighted by molar-refractivity contribution is -0.164. The molecule has 94 valence electrons. The topological polar surface area (TPSA) is 168 Å². The molecule has 0 aromatic rings. The molecule has 0 rings (SSSR count). The first-order valence-corrected chi connectivity index (χ1v) is 4.21. The fraction of sp³-hybridized carbons (Fsp3) is 0.833. The van der Waals surface area contributed by atoms with E-state index < -0.39 is 44.3 Å². The number of aliphatic hydroxyl groups excluding tert-OH is 5. The summed E-state index contributed by atoms with van der Waals surface area (Å²) in [6.07, 6.45) is -8.20. The van der Waals surface area contributed by atoms with Gasteiger partial charge in [0, 0.05) is 0 Å². The molecule has 0 heterocycles. The van der Waals surface area contributed by atoms with Crippen molar-refractivity contribution >= 4 is 13.3 Å². The Hall–Kier alpha value is -0.745. The molecule has 0 bridgehead atoms. The van der Waals surface area contributed by atoms with Gasteiger partial charge in [-0.15, -0.1) is 0 Å². The summed E-state index contributed by atoms with van der Waals surface area (Å²) in [4.78, 5) is 10.8. The van der Waals surface area contributed by atoms with Gasteiger partial charge in [0.25, 0.3) is 0 Å². The second kappa shape index (κ2) is 6.76. The van der Waals surface area contributed by atoms with E-state index in [2.05, 4.69) is 4.65 Å². The molecule has 0 saturated heterocycles. The molecule has 0 fully saturated rings. The van der Waals surface area contributed by atoms with Crippen LogP contribution in [0.25, 0.3) is 0 Å². The van der Waals surface area contributed by atoms with E-state index in [1.54, 1.807) is 0 Å². The Bertz CT molecular complexity index is 222. The minimum Gasteiger partial charge on any atom is -0.483 e. The second-order valence-corrected chi connectivity index (χ2v) is 2.94. The Labute approximate surface area is 90.3 Å². The molecule has 0 aliphatic carbocycles. The Morgan fingerprint density at radius 3 is 2.00 bits per heavy atom. The van der Waals surface area contributed by atoms with E-state index in [0.717, 1.165) is 0 Å². The molecule has 0 radical (unpaired) electrons. The Morgan fingerprint density at radius 2 is 1.62 bits per heavy atom. The van der Waals surface area contributed by atoms with Crippen molar-refractivity contribution in [1.29, 1.82) is 0 Å². The van der Waals surface area contributed by atoms with E-state index in [1.165, 1.54) is 0 Å². The monoisotopic (exact) mass is 240 g/mol. The normalized spacial score (nSPS) is 18.4. The van der Waals surface area contributed by atoms with Crippen LogP contribution < -0.4 is 0 Å². The number of carbonyl (C=O) groups is 1. The summed E-state index contributed by atoms with van der Waals surface area (Å²) < 4.78 is 3.70. The van der Waals surface area contributed by atoms with E-state index in [1.807, 2.05) is 0 Å². The van der Waals surface area contributed by atoms with E-state index in [0.29, 0.717) is 0 Å². The zero-order chi connectivity index (χ0) is 12.9. The standard InChI is InChI=1S/C6H13BO9/c8-1-2(9)3(10)4(11)5(12)6(13)16-7(14)15/h2-5,8-12,14-15H,1H2/t2-,3-,4+,5-/m1/s1. The quantitative estimate of drug-likeness (QED) is 0.224. The highest BCUT2D eigenvalue weighted by Crippen LogP contribution is 2.06. The van der Waals surface area contributed by atoms with Gasteiger partial charge in [-0.05, 0) is 0 Å².